The lowest BCUT2D eigenvalue weighted by atomic mass is 10.2. The summed E-state index contributed by atoms with van der Waals surface area (Å²) >= 11 is 0. The highest BCUT2D eigenvalue weighted by Gasteiger charge is 2.18. The average Bonchev–Trinajstić information content (AvgIpc) is 3.15. The van der Waals surface area contributed by atoms with Crippen LogP contribution in [0.2, 0.25) is 0 Å². The van der Waals surface area contributed by atoms with Crippen molar-refractivity contribution in [2.75, 3.05) is 25.6 Å². The van der Waals surface area contributed by atoms with Gasteiger partial charge in [-0.1, -0.05) is 17.2 Å². The van der Waals surface area contributed by atoms with Crippen LogP contribution in [0.15, 0.2) is 46.9 Å². The fourth-order valence-electron chi connectivity index (χ4n) is 2.56. The lowest BCUT2D eigenvalue weighted by Crippen LogP contribution is -2.17. The van der Waals surface area contributed by atoms with E-state index in [0.29, 0.717) is 41.6 Å². The monoisotopic (exact) mass is 353 g/mol. The fraction of sp³-hybridized carbons (Fsp3) is 0.167. The number of carbonyl (C=O) groups is 1. The quantitative estimate of drug-likeness (QED) is 0.770. The Morgan fingerprint density at radius 1 is 1.08 bits per heavy atom. The number of ether oxygens (including phenoxy) is 3. The van der Waals surface area contributed by atoms with E-state index in [9.17, 15) is 4.79 Å². The number of anilines is 1. The second kappa shape index (κ2) is 6.75. The molecule has 0 atom stereocenters. The van der Waals surface area contributed by atoms with Gasteiger partial charge in [-0.3, -0.25) is 10.1 Å². The molecular formula is C18H15N3O5. The van der Waals surface area contributed by atoms with E-state index in [1.807, 2.05) is 12.1 Å². The molecule has 3 aromatic rings. The highest BCUT2D eigenvalue weighted by atomic mass is 16.6. The summed E-state index contributed by atoms with van der Waals surface area (Å²) in [5.41, 5.74) is 1.04. The van der Waals surface area contributed by atoms with Gasteiger partial charge in [0.25, 0.3) is 11.8 Å². The number of carbonyl (C=O) groups excluding carboxylic acids is 1. The van der Waals surface area contributed by atoms with Crippen molar-refractivity contribution in [3.05, 3.63) is 48.0 Å². The summed E-state index contributed by atoms with van der Waals surface area (Å²) in [6, 6.07) is 12.2. The SMILES string of the molecule is COc1ccccc1-c1nnc(NC(=O)c2ccc3c(c2)OCCO3)o1. The third kappa shape index (κ3) is 3.04. The van der Waals surface area contributed by atoms with Gasteiger partial charge in [0.1, 0.15) is 19.0 Å². The molecule has 1 aromatic heterocycles. The third-order valence-corrected chi connectivity index (χ3v) is 3.79. The molecular weight excluding hydrogens is 338 g/mol. The second-order valence-corrected chi connectivity index (χ2v) is 5.43. The minimum Gasteiger partial charge on any atom is -0.496 e. The van der Waals surface area contributed by atoms with Gasteiger partial charge in [0.15, 0.2) is 11.5 Å². The molecule has 0 fully saturated rings. The number of amides is 1. The molecule has 2 heterocycles. The number of aromatic nitrogens is 2. The highest BCUT2D eigenvalue weighted by Crippen LogP contribution is 2.31. The number of hydrogen-bond donors (Lipinski definition) is 1. The van der Waals surface area contributed by atoms with E-state index in [0.717, 1.165) is 0 Å². The normalized spacial score (nSPS) is 12.5. The van der Waals surface area contributed by atoms with Crippen LogP contribution in [-0.2, 0) is 0 Å². The van der Waals surface area contributed by atoms with Crippen LogP contribution in [0.5, 0.6) is 17.2 Å². The first-order valence-electron chi connectivity index (χ1n) is 7.92. The molecule has 0 aliphatic carbocycles. The van der Waals surface area contributed by atoms with E-state index in [-0.39, 0.29) is 11.9 Å². The summed E-state index contributed by atoms with van der Waals surface area (Å²) < 4.78 is 21.7. The summed E-state index contributed by atoms with van der Waals surface area (Å²) in [6.45, 7) is 0.941. The Labute approximate surface area is 148 Å². The van der Waals surface area contributed by atoms with Crippen LogP contribution >= 0.6 is 0 Å². The molecule has 132 valence electrons. The van der Waals surface area contributed by atoms with Crippen molar-refractivity contribution in [1.82, 2.24) is 10.2 Å². The number of fused-ring (bicyclic) bond motifs is 1. The minimum absolute atomic E-state index is 0.00852. The van der Waals surface area contributed by atoms with Gasteiger partial charge in [-0.25, -0.2) is 0 Å². The van der Waals surface area contributed by atoms with Gasteiger partial charge < -0.3 is 18.6 Å². The lowest BCUT2D eigenvalue weighted by Gasteiger charge is -2.18. The first kappa shape index (κ1) is 15.9. The number of methoxy groups -OCH3 is 1. The summed E-state index contributed by atoms with van der Waals surface area (Å²) in [4.78, 5) is 12.4. The molecule has 26 heavy (non-hydrogen) atoms. The maximum Gasteiger partial charge on any atom is 0.322 e. The topological polar surface area (TPSA) is 95.7 Å². The first-order chi connectivity index (χ1) is 12.7. The predicted octanol–water partition coefficient (Wildman–Crippen LogP) is 2.77. The maximum atomic E-state index is 12.4. The van der Waals surface area contributed by atoms with Crippen molar-refractivity contribution < 1.29 is 23.4 Å². The first-order valence-corrected chi connectivity index (χ1v) is 7.92. The van der Waals surface area contributed by atoms with Crippen LogP contribution in [0, 0.1) is 0 Å². The van der Waals surface area contributed by atoms with Crippen molar-refractivity contribution in [2.24, 2.45) is 0 Å². The van der Waals surface area contributed by atoms with E-state index in [1.54, 1.807) is 37.4 Å². The molecule has 1 N–H and O–H groups in total. The summed E-state index contributed by atoms with van der Waals surface area (Å²) in [5, 5.41) is 10.4. The Balaban J connectivity index is 1.53. The summed E-state index contributed by atoms with van der Waals surface area (Å²) in [7, 11) is 1.56. The van der Waals surface area contributed by atoms with Gasteiger partial charge in [-0.2, -0.15) is 0 Å². The number of para-hydroxylation sites is 1. The van der Waals surface area contributed by atoms with Crippen molar-refractivity contribution in [1.29, 1.82) is 0 Å². The molecule has 4 rings (SSSR count). The van der Waals surface area contributed by atoms with Crippen molar-refractivity contribution >= 4 is 11.9 Å². The van der Waals surface area contributed by atoms with Crippen LogP contribution in [0.25, 0.3) is 11.5 Å². The maximum absolute atomic E-state index is 12.4. The average molecular weight is 353 g/mol. The largest absolute Gasteiger partial charge is 0.496 e. The Kier molecular flexibility index (Phi) is 4.14. The molecule has 1 aliphatic rings. The van der Waals surface area contributed by atoms with Crippen LogP contribution in [0.4, 0.5) is 6.01 Å². The third-order valence-electron chi connectivity index (χ3n) is 3.79. The van der Waals surface area contributed by atoms with E-state index >= 15 is 0 Å². The predicted molar refractivity (Wildman–Crippen MR) is 91.7 cm³/mol. The molecule has 0 saturated heterocycles. The standard InChI is InChI=1S/C18H15N3O5/c1-23-13-5-3-2-4-12(13)17-20-21-18(26-17)19-16(22)11-6-7-14-15(10-11)25-9-8-24-14/h2-7,10H,8-9H2,1H3,(H,19,21,22). The van der Waals surface area contributed by atoms with Gasteiger partial charge in [-0.15, -0.1) is 5.10 Å². The summed E-state index contributed by atoms with van der Waals surface area (Å²) in [6.07, 6.45) is 0. The molecule has 0 bridgehead atoms. The number of benzene rings is 2. The van der Waals surface area contributed by atoms with E-state index in [1.165, 1.54) is 0 Å². The summed E-state index contributed by atoms with van der Waals surface area (Å²) in [5.74, 6) is 1.60. The molecule has 8 nitrogen and oxygen atoms in total. The van der Waals surface area contributed by atoms with Gasteiger partial charge in [0.05, 0.1) is 12.7 Å². The van der Waals surface area contributed by atoms with Gasteiger partial charge in [0.2, 0.25) is 0 Å². The Hall–Kier alpha value is -3.55. The fourth-order valence-corrected chi connectivity index (χ4v) is 2.56. The van der Waals surface area contributed by atoms with E-state index in [4.69, 9.17) is 18.6 Å². The van der Waals surface area contributed by atoms with Gasteiger partial charge >= 0.3 is 6.01 Å². The zero-order valence-electron chi connectivity index (χ0n) is 13.9. The number of rotatable bonds is 4. The molecule has 8 heteroatoms. The molecule has 0 radical (unpaired) electrons. The minimum atomic E-state index is -0.391. The Morgan fingerprint density at radius 3 is 2.73 bits per heavy atom. The van der Waals surface area contributed by atoms with Crippen LogP contribution < -0.4 is 19.5 Å². The van der Waals surface area contributed by atoms with Crippen LogP contribution in [0.1, 0.15) is 10.4 Å². The number of nitrogens with one attached hydrogen (secondary N) is 1. The number of nitrogens with zero attached hydrogens (tertiary/aromatic N) is 2. The lowest BCUT2D eigenvalue weighted by molar-refractivity contribution is 0.102. The van der Waals surface area contributed by atoms with Gasteiger partial charge in [-0.05, 0) is 30.3 Å². The highest BCUT2D eigenvalue weighted by molar-refractivity contribution is 6.03. The van der Waals surface area contributed by atoms with Crippen LogP contribution in [-0.4, -0.2) is 36.4 Å². The van der Waals surface area contributed by atoms with Gasteiger partial charge in [0, 0.05) is 5.56 Å². The second-order valence-electron chi connectivity index (χ2n) is 5.43. The smallest absolute Gasteiger partial charge is 0.322 e. The zero-order valence-corrected chi connectivity index (χ0v) is 13.9. The van der Waals surface area contributed by atoms with Crippen LogP contribution in [0.3, 0.4) is 0 Å². The molecule has 0 unspecified atom stereocenters. The molecule has 1 amide bonds. The molecule has 0 saturated carbocycles. The Morgan fingerprint density at radius 2 is 1.88 bits per heavy atom. The molecule has 1 aliphatic heterocycles. The van der Waals surface area contributed by atoms with E-state index in [2.05, 4.69) is 15.5 Å². The Bertz CT molecular complexity index is 954. The molecule has 2 aromatic carbocycles. The van der Waals surface area contributed by atoms with Crippen molar-refractivity contribution in [2.45, 2.75) is 0 Å². The van der Waals surface area contributed by atoms with Crippen molar-refractivity contribution in [3.63, 3.8) is 0 Å². The van der Waals surface area contributed by atoms with Crippen molar-refractivity contribution in [3.8, 4) is 28.7 Å². The van der Waals surface area contributed by atoms with E-state index < -0.39 is 5.91 Å². The molecule has 0 spiro atoms. The number of hydrogen-bond acceptors (Lipinski definition) is 7. The zero-order chi connectivity index (χ0) is 17.9.